The minimum Gasteiger partial charge on any atom is -0.415 e. The third-order valence-electron chi connectivity index (χ3n) is 6.42. The van der Waals surface area contributed by atoms with E-state index in [0.29, 0.717) is 34.9 Å². The highest BCUT2D eigenvalue weighted by Gasteiger charge is 2.18. The number of hydrogen-bond donors (Lipinski definition) is 1. The molecule has 1 atom stereocenters. The van der Waals surface area contributed by atoms with Gasteiger partial charge in [0.2, 0.25) is 5.89 Å². The normalized spacial score (nSPS) is 15.6. The predicted octanol–water partition coefficient (Wildman–Crippen LogP) is 4.10. The van der Waals surface area contributed by atoms with Gasteiger partial charge in [0, 0.05) is 48.6 Å². The van der Waals surface area contributed by atoms with Crippen molar-refractivity contribution in [3.63, 3.8) is 0 Å². The first-order valence-electron chi connectivity index (χ1n) is 12.2. The fraction of sp³-hybridized carbons (Fsp3) is 0.370. The topological polar surface area (TPSA) is 108 Å². The number of aryl methyl sites for hydroxylation is 2. The van der Waals surface area contributed by atoms with Crippen molar-refractivity contribution in [3.8, 4) is 34.3 Å². The van der Waals surface area contributed by atoms with Gasteiger partial charge in [-0.3, -0.25) is 9.78 Å². The molecule has 0 spiro atoms. The zero-order valence-electron chi connectivity index (χ0n) is 21.0. The molecule has 1 fully saturated rings. The molecule has 9 heteroatoms. The SMILES string of the molecule is Cc1cc(CN[C@@H]2CCOC2)ccc1-c1nnc(-c2nc(-c3ccc(=O)n(C(C)C)c3)cnc2C)o1. The number of nitrogens with zero attached hydrogens (tertiary/aromatic N) is 5. The number of benzene rings is 1. The fourth-order valence-electron chi connectivity index (χ4n) is 4.31. The highest BCUT2D eigenvalue weighted by molar-refractivity contribution is 5.64. The van der Waals surface area contributed by atoms with Gasteiger partial charge >= 0.3 is 0 Å². The average Bonchev–Trinajstić information content (AvgIpc) is 3.56. The summed E-state index contributed by atoms with van der Waals surface area (Å²) >= 11 is 0. The maximum absolute atomic E-state index is 12.2. The summed E-state index contributed by atoms with van der Waals surface area (Å²) in [5.74, 6) is 0.742. The molecule has 0 bridgehead atoms. The summed E-state index contributed by atoms with van der Waals surface area (Å²) in [7, 11) is 0. The highest BCUT2D eigenvalue weighted by Crippen LogP contribution is 2.28. The first kappa shape index (κ1) is 24.0. The van der Waals surface area contributed by atoms with Crippen molar-refractivity contribution in [1.29, 1.82) is 0 Å². The van der Waals surface area contributed by atoms with Crippen LogP contribution in [0.25, 0.3) is 34.3 Å². The van der Waals surface area contributed by atoms with Crippen LogP contribution < -0.4 is 10.9 Å². The van der Waals surface area contributed by atoms with Gasteiger partial charge in [0.05, 0.1) is 24.2 Å². The second kappa shape index (κ2) is 10.1. The summed E-state index contributed by atoms with van der Waals surface area (Å²) < 4.78 is 13.2. The molecular weight excluding hydrogens is 456 g/mol. The van der Waals surface area contributed by atoms with Crippen LogP contribution in [0.1, 0.15) is 43.1 Å². The minimum absolute atomic E-state index is 0.0379. The Bertz CT molecular complexity index is 1440. The van der Waals surface area contributed by atoms with Crippen LogP contribution >= 0.6 is 0 Å². The lowest BCUT2D eigenvalue weighted by Gasteiger charge is -2.12. The standard InChI is InChI=1S/C27H30N6O3/c1-16(2)33-14-20(6-8-24(33)34)23-13-28-18(4)25(30-23)27-32-31-26(36-27)22-7-5-19(11-17(22)3)12-29-21-9-10-35-15-21/h5-8,11,13-14,16,21,29H,9-10,12,15H2,1-4H3/t21-/m1/s1. The van der Waals surface area contributed by atoms with Gasteiger partial charge in [-0.15, -0.1) is 10.2 Å². The Morgan fingerprint density at radius 1 is 1.14 bits per heavy atom. The van der Waals surface area contributed by atoms with Gasteiger partial charge in [0.15, 0.2) is 0 Å². The van der Waals surface area contributed by atoms with E-state index in [1.165, 1.54) is 5.56 Å². The molecule has 0 aliphatic carbocycles. The third-order valence-corrected chi connectivity index (χ3v) is 6.42. The van der Waals surface area contributed by atoms with Gasteiger partial charge in [-0.1, -0.05) is 12.1 Å². The summed E-state index contributed by atoms with van der Waals surface area (Å²) in [5.41, 5.74) is 5.70. The molecule has 1 N–H and O–H groups in total. The van der Waals surface area contributed by atoms with Crippen LogP contribution in [0.4, 0.5) is 0 Å². The zero-order chi connectivity index (χ0) is 25.2. The molecular formula is C27H30N6O3. The monoisotopic (exact) mass is 486 g/mol. The van der Waals surface area contributed by atoms with E-state index in [9.17, 15) is 4.79 Å². The Balaban J connectivity index is 1.40. The Hall–Kier alpha value is -3.69. The molecule has 0 amide bonds. The maximum Gasteiger partial charge on any atom is 0.268 e. The number of nitrogens with one attached hydrogen (secondary N) is 1. The highest BCUT2D eigenvalue weighted by atomic mass is 16.5. The van der Waals surface area contributed by atoms with Crippen LogP contribution in [0, 0.1) is 13.8 Å². The third kappa shape index (κ3) is 4.98. The molecule has 1 aliphatic heterocycles. The van der Waals surface area contributed by atoms with Gasteiger partial charge in [-0.25, -0.2) is 4.98 Å². The van der Waals surface area contributed by atoms with Crippen LogP contribution in [-0.4, -0.2) is 44.0 Å². The number of aromatic nitrogens is 5. The molecule has 1 aromatic carbocycles. The van der Waals surface area contributed by atoms with E-state index in [1.54, 1.807) is 29.1 Å². The number of ether oxygens (including phenoxy) is 1. The average molecular weight is 487 g/mol. The minimum atomic E-state index is -0.0553. The number of rotatable bonds is 7. The van der Waals surface area contributed by atoms with Crippen LogP contribution in [0.2, 0.25) is 0 Å². The van der Waals surface area contributed by atoms with Crippen LogP contribution in [0.15, 0.2) is 51.9 Å². The molecule has 0 unspecified atom stereocenters. The van der Waals surface area contributed by atoms with Crippen LogP contribution in [0.3, 0.4) is 0 Å². The Morgan fingerprint density at radius 3 is 2.72 bits per heavy atom. The van der Waals surface area contributed by atoms with E-state index in [1.807, 2.05) is 33.8 Å². The predicted molar refractivity (Wildman–Crippen MR) is 136 cm³/mol. The lowest BCUT2D eigenvalue weighted by Crippen LogP contribution is -2.28. The van der Waals surface area contributed by atoms with Crippen LogP contribution in [-0.2, 0) is 11.3 Å². The van der Waals surface area contributed by atoms with E-state index in [0.717, 1.165) is 42.9 Å². The van der Waals surface area contributed by atoms with Gasteiger partial charge in [-0.2, -0.15) is 0 Å². The molecule has 0 radical (unpaired) electrons. The van der Waals surface area contributed by atoms with E-state index in [4.69, 9.17) is 14.1 Å². The van der Waals surface area contributed by atoms with Gasteiger partial charge in [0.1, 0.15) is 5.69 Å². The Morgan fingerprint density at radius 2 is 1.97 bits per heavy atom. The van der Waals surface area contributed by atoms with Gasteiger partial charge < -0.3 is 19.0 Å². The molecule has 0 saturated carbocycles. The molecule has 9 nitrogen and oxygen atoms in total. The molecule has 5 rings (SSSR count). The van der Waals surface area contributed by atoms with E-state index < -0.39 is 0 Å². The molecule has 4 heterocycles. The Kier molecular flexibility index (Phi) is 6.75. The number of pyridine rings is 1. The van der Waals surface area contributed by atoms with Crippen molar-refractivity contribution in [3.05, 3.63) is 69.9 Å². The molecule has 4 aromatic rings. The van der Waals surface area contributed by atoms with E-state index >= 15 is 0 Å². The lowest BCUT2D eigenvalue weighted by molar-refractivity contribution is 0.190. The molecule has 1 aliphatic rings. The zero-order valence-corrected chi connectivity index (χ0v) is 21.0. The summed E-state index contributed by atoms with van der Waals surface area (Å²) in [5, 5.41) is 12.1. The van der Waals surface area contributed by atoms with Crippen molar-refractivity contribution >= 4 is 0 Å². The van der Waals surface area contributed by atoms with Gasteiger partial charge in [0.25, 0.3) is 11.4 Å². The van der Waals surface area contributed by atoms with Crippen molar-refractivity contribution in [2.45, 2.75) is 52.7 Å². The summed E-state index contributed by atoms with van der Waals surface area (Å²) in [4.78, 5) is 21.4. The second-order valence-corrected chi connectivity index (χ2v) is 9.45. The molecule has 1 saturated heterocycles. The van der Waals surface area contributed by atoms with Crippen molar-refractivity contribution < 1.29 is 9.15 Å². The Labute approximate surface area is 209 Å². The van der Waals surface area contributed by atoms with Crippen LogP contribution in [0.5, 0.6) is 0 Å². The summed E-state index contributed by atoms with van der Waals surface area (Å²) in [6.45, 7) is 10.2. The maximum atomic E-state index is 12.2. The number of hydrogen-bond acceptors (Lipinski definition) is 8. The quantitative estimate of drug-likeness (QED) is 0.416. The molecule has 186 valence electrons. The van der Waals surface area contributed by atoms with Crippen molar-refractivity contribution in [1.82, 2.24) is 30.0 Å². The molecule has 36 heavy (non-hydrogen) atoms. The molecule has 3 aromatic heterocycles. The van der Waals surface area contributed by atoms with Crippen molar-refractivity contribution in [2.24, 2.45) is 0 Å². The van der Waals surface area contributed by atoms with E-state index in [2.05, 4.69) is 32.6 Å². The van der Waals surface area contributed by atoms with E-state index in [-0.39, 0.29) is 11.6 Å². The summed E-state index contributed by atoms with van der Waals surface area (Å²) in [6, 6.07) is 9.97. The fourth-order valence-corrected chi connectivity index (χ4v) is 4.31. The first-order chi connectivity index (χ1) is 17.4. The lowest BCUT2D eigenvalue weighted by atomic mass is 10.0. The smallest absolute Gasteiger partial charge is 0.268 e. The summed E-state index contributed by atoms with van der Waals surface area (Å²) in [6.07, 6.45) is 4.54. The van der Waals surface area contributed by atoms with Crippen molar-refractivity contribution in [2.75, 3.05) is 13.2 Å². The largest absolute Gasteiger partial charge is 0.415 e. The second-order valence-electron chi connectivity index (χ2n) is 9.45. The van der Waals surface area contributed by atoms with Gasteiger partial charge in [-0.05, 0) is 57.4 Å². The first-order valence-corrected chi connectivity index (χ1v) is 12.2.